The molecule has 132 valence electrons. The van der Waals surface area contributed by atoms with E-state index in [2.05, 4.69) is 5.16 Å². The molecule has 0 spiro atoms. The number of hydrogen-bond acceptors (Lipinski definition) is 6. The number of esters is 2. The predicted octanol–water partition coefficient (Wildman–Crippen LogP) is 3.70. The topological polar surface area (TPSA) is 78.6 Å². The van der Waals surface area contributed by atoms with Gasteiger partial charge in [-0.1, -0.05) is 65.8 Å². The Kier molecular flexibility index (Phi) is 5.43. The van der Waals surface area contributed by atoms with Crippen molar-refractivity contribution in [3.8, 4) is 0 Å². The van der Waals surface area contributed by atoms with Gasteiger partial charge in [-0.15, -0.1) is 0 Å². The van der Waals surface area contributed by atoms with Crippen LogP contribution in [0, 0.1) is 6.92 Å². The van der Waals surface area contributed by atoms with Crippen LogP contribution < -0.4 is 0 Å². The van der Waals surface area contributed by atoms with Gasteiger partial charge in [0, 0.05) is 0 Å². The van der Waals surface area contributed by atoms with E-state index in [0.717, 1.165) is 11.1 Å². The van der Waals surface area contributed by atoms with Gasteiger partial charge in [0.15, 0.2) is 0 Å². The fraction of sp³-hybridized carbons (Fsp3) is 0.150. The molecule has 0 aliphatic rings. The summed E-state index contributed by atoms with van der Waals surface area (Å²) in [5.74, 6) is -1.70. The van der Waals surface area contributed by atoms with Crippen molar-refractivity contribution in [2.75, 3.05) is 0 Å². The van der Waals surface area contributed by atoms with Crippen LogP contribution >= 0.6 is 0 Å². The first-order valence-corrected chi connectivity index (χ1v) is 8.03. The maximum Gasteiger partial charge on any atom is 0.378 e. The van der Waals surface area contributed by atoms with Crippen LogP contribution in [0.15, 0.2) is 65.2 Å². The third-order valence-corrected chi connectivity index (χ3v) is 3.68. The van der Waals surface area contributed by atoms with Gasteiger partial charge in [0.1, 0.15) is 18.8 Å². The SMILES string of the molecule is Cc1noc(C(=O)OCc2ccccc2)c1C(=O)OCc1ccccc1. The number of nitrogens with zero attached hydrogens (tertiary/aromatic N) is 1. The van der Waals surface area contributed by atoms with Crippen molar-refractivity contribution in [1.82, 2.24) is 5.16 Å². The van der Waals surface area contributed by atoms with Gasteiger partial charge in [-0.05, 0) is 18.1 Å². The molecule has 0 saturated carbocycles. The summed E-state index contributed by atoms with van der Waals surface area (Å²) in [4.78, 5) is 24.6. The molecular formula is C20H17NO5. The quantitative estimate of drug-likeness (QED) is 0.630. The lowest BCUT2D eigenvalue weighted by molar-refractivity contribution is 0.0391. The van der Waals surface area contributed by atoms with Gasteiger partial charge in [0.05, 0.1) is 5.69 Å². The Morgan fingerprint density at radius 1 is 0.846 bits per heavy atom. The van der Waals surface area contributed by atoms with Gasteiger partial charge in [-0.2, -0.15) is 0 Å². The minimum absolute atomic E-state index is 0.0148. The van der Waals surface area contributed by atoms with Crippen LogP contribution in [0.5, 0.6) is 0 Å². The van der Waals surface area contributed by atoms with Crippen LogP contribution in [0.3, 0.4) is 0 Å². The van der Waals surface area contributed by atoms with Crippen molar-refractivity contribution in [2.45, 2.75) is 20.1 Å². The van der Waals surface area contributed by atoms with Gasteiger partial charge in [-0.3, -0.25) is 0 Å². The first-order chi connectivity index (χ1) is 12.6. The fourth-order valence-electron chi connectivity index (χ4n) is 2.33. The van der Waals surface area contributed by atoms with E-state index in [1.54, 1.807) is 6.92 Å². The zero-order chi connectivity index (χ0) is 18.4. The average Bonchev–Trinajstić information content (AvgIpc) is 3.07. The molecule has 0 aliphatic heterocycles. The molecule has 0 aliphatic carbocycles. The number of aromatic nitrogens is 1. The van der Waals surface area contributed by atoms with E-state index in [1.165, 1.54) is 0 Å². The van der Waals surface area contributed by atoms with E-state index in [1.807, 2.05) is 60.7 Å². The Morgan fingerprint density at radius 3 is 1.88 bits per heavy atom. The minimum Gasteiger partial charge on any atom is -0.457 e. The number of carbonyl (C=O) groups is 2. The molecule has 1 aromatic heterocycles. The second-order valence-electron chi connectivity index (χ2n) is 5.60. The normalized spacial score (nSPS) is 10.3. The molecule has 0 atom stereocenters. The second-order valence-corrected chi connectivity index (χ2v) is 5.60. The third-order valence-electron chi connectivity index (χ3n) is 3.68. The summed E-state index contributed by atoms with van der Waals surface area (Å²) in [6.07, 6.45) is 0. The van der Waals surface area contributed by atoms with E-state index in [4.69, 9.17) is 14.0 Å². The molecular weight excluding hydrogens is 334 g/mol. The average molecular weight is 351 g/mol. The minimum atomic E-state index is -0.763. The molecule has 6 nitrogen and oxygen atoms in total. The zero-order valence-corrected chi connectivity index (χ0v) is 14.2. The smallest absolute Gasteiger partial charge is 0.378 e. The van der Waals surface area contributed by atoms with Crippen LogP contribution in [-0.2, 0) is 22.7 Å². The van der Waals surface area contributed by atoms with Crippen molar-refractivity contribution in [1.29, 1.82) is 0 Å². The molecule has 0 bridgehead atoms. The molecule has 3 rings (SSSR count). The molecule has 26 heavy (non-hydrogen) atoms. The molecule has 0 unspecified atom stereocenters. The summed E-state index contributed by atoms with van der Waals surface area (Å²) in [7, 11) is 0. The van der Waals surface area contributed by atoms with Gasteiger partial charge in [-0.25, -0.2) is 9.59 Å². The number of ether oxygens (including phenoxy) is 2. The maximum absolute atomic E-state index is 12.4. The fourth-order valence-corrected chi connectivity index (χ4v) is 2.33. The summed E-state index contributed by atoms with van der Waals surface area (Å²) in [5, 5.41) is 3.69. The van der Waals surface area contributed by atoms with Crippen molar-refractivity contribution in [3.05, 3.63) is 88.8 Å². The molecule has 0 N–H and O–H groups in total. The Hall–Kier alpha value is -3.41. The van der Waals surface area contributed by atoms with Gasteiger partial charge >= 0.3 is 11.9 Å². The van der Waals surface area contributed by atoms with Crippen molar-refractivity contribution < 1.29 is 23.6 Å². The van der Waals surface area contributed by atoms with Crippen molar-refractivity contribution in [3.63, 3.8) is 0 Å². The Balaban J connectivity index is 1.67. The first kappa shape index (κ1) is 17.4. The third kappa shape index (κ3) is 4.16. The molecule has 6 heteroatoms. The van der Waals surface area contributed by atoms with E-state index in [9.17, 15) is 9.59 Å². The summed E-state index contributed by atoms with van der Waals surface area (Å²) < 4.78 is 15.5. The highest BCUT2D eigenvalue weighted by molar-refractivity contribution is 6.01. The highest BCUT2D eigenvalue weighted by Gasteiger charge is 2.28. The van der Waals surface area contributed by atoms with Crippen molar-refractivity contribution in [2.24, 2.45) is 0 Å². The number of carbonyl (C=O) groups excluding carboxylic acids is 2. The van der Waals surface area contributed by atoms with E-state index >= 15 is 0 Å². The lowest BCUT2D eigenvalue weighted by atomic mass is 10.2. The van der Waals surface area contributed by atoms with Gasteiger partial charge in [0.2, 0.25) is 0 Å². The first-order valence-electron chi connectivity index (χ1n) is 8.03. The number of hydrogen-bond donors (Lipinski definition) is 0. The molecule has 0 fully saturated rings. The monoisotopic (exact) mass is 351 g/mol. The van der Waals surface area contributed by atoms with E-state index < -0.39 is 11.9 Å². The summed E-state index contributed by atoms with van der Waals surface area (Å²) in [6.45, 7) is 1.72. The largest absolute Gasteiger partial charge is 0.457 e. The van der Waals surface area contributed by atoms with Gasteiger partial charge in [0.25, 0.3) is 5.76 Å². The lowest BCUT2D eigenvalue weighted by Crippen LogP contribution is -2.13. The molecule has 1 heterocycles. The van der Waals surface area contributed by atoms with Crippen LogP contribution in [0.25, 0.3) is 0 Å². The number of rotatable bonds is 6. The van der Waals surface area contributed by atoms with Crippen LogP contribution in [-0.4, -0.2) is 17.1 Å². The molecule has 0 saturated heterocycles. The molecule has 2 aromatic carbocycles. The summed E-state index contributed by atoms with van der Waals surface area (Å²) in [5.41, 5.74) is 1.92. The van der Waals surface area contributed by atoms with Crippen LogP contribution in [0.1, 0.15) is 37.7 Å². The van der Waals surface area contributed by atoms with E-state index in [0.29, 0.717) is 0 Å². The Morgan fingerprint density at radius 2 is 1.35 bits per heavy atom. The Bertz CT molecular complexity index is 887. The van der Waals surface area contributed by atoms with Crippen LogP contribution in [0.4, 0.5) is 0 Å². The number of benzene rings is 2. The molecule has 0 radical (unpaired) electrons. The summed E-state index contributed by atoms with van der Waals surface area (Å²) >= 11 is 0. The summed E-state index contributed by atoms with van der Waals surface area (Å²) in [6, 6.07) is 18.4. The maximum atomic E-state index is 12.4. The van der Waals surface area contributed by atoms with Crippen molar-refractivity contribution >= 4 is 11.9 Å². The standard InChI is InChI=1S/C20H17NO5/c1-14-17(19(22)24-12-15-8-4-2-5-9-15)18(26-21-14)20(23)25-13-16-10-6-3-7-11-16/h2-11H,12-13H2,1H3. The number of aryl methyl sites for hydroxylation is 1. The zero-order valence-electron chi connectivity index (χ0n) is 14.2. The predicted molar refractivity (Wildman–Crippen MR) is 92.4 cm³/mol. The highest BCUT2D eigenvalue weighted by Crippen LogP contribution is 2.18. The second kappa shape index (κ2) is 8.11. The molecule has 0 amide bonds. The van der Waals surface area contributed by atoms with E-state index in [-0.39, 0.29) is 30.2 Å². The van der Waals surface area contributed by atoms with Crippen LogP contribution in [0.2, 0.25) is 0 Å². The lowest BCUT2D eigenvalue weighted by Gasteiger charge is -2.06. The van der Waals surface area contributed by atoms with Gasteiger partial charge < -0.3 is 14.0 Å². The highest BCUT2D eigenvalue weighted by atomic mass is 16.6. The molecule has 3 aromatic rings. The Labute approximate surface area is 150 Å².